The molecule has 4 nitrogen and oxygen atoms in total. The minimum atomic E-state index is -3.80. The summed E-state index contributed by atoms with van der Waals surface area (Å²) in [7, 11) is -3.80. The van der Waals surface area contributed by atoms with Crippen LogP contribution in [0.3, 0.4) is 0 Å². The zero-order chi connectivity index (χ0) is 18.3. The van der Waals surface area contributed by atoms with Gasteiger partial charge in [-0.3, -0.25) is 4.98 Å². The molecule has 0 aliphatic carbocycles. The van der Waals surface area contributed by atoms with E-state index in [1.807, 2.05) is 19.1 Å². The van der Waals surface area contributed by atoms with Gasteiger partial charge in [-0.05, 0) is 60.6 Å². The number of nitrogens with zero attached hydrogens (tertiary/aromatic N) is 1. The molecular weight excluding hydrogens is 371 g/mol. The Kier molecular flexibility index (Phi) is 4.46. The van der Waals surface area contributed by atoms with Crippen LogP contribution in [0.15, 0.2) is 58.5 Å². The molecule has 0 bridgehead atoms. The summed E-state index contributed by atoms with van der Waals surface area (Å²) in [5, 5.41) is 0.776. The molecule has 0 amide bonds. The first-order chi connectivity index (χ1) is 12.4. The number of pyridine rings is 1. The molecule has 1 aromatic heterocycles. The topological polar surface area (TPSA) is 59.1 Å². The molecule has 26 heavy (non-hydrogen) atoms. The molecule has 0 saturated heterocycles. The van der Waals surface area contributed by atoms with E-state index in [1.165, 1.54) is 12.1 Å². The minimum absolute atomic E-state index is 0.145. The fourth-order valence-electron chi connectivity index (χ4n) is 3.20. The molecule has 2 aromatic carbocycles. The fourth-order valence-corrected chi connectivity index (χ4v) is 5.73. The summed E-state index contributed by atoms with van der Waals surface area (Å²) in [6.45, 7) is 1.91. The quantitative estimate of drug-likeness (QED) is 0.731. The maximum Gasteiger partial charge on any atom is 0.243 e. The van der Waals surface area contributed by atoms with Gasteiger partial charge in [0.05, 0.1) is 5.52 Å². The highest BCUT2D eigenvalue weighted by Gasteiger charge is 2.28. The number of hydrogen-bond donors (Lipinski definition) is 1. The first-order valence-corrected chi connectivity index (χ1v) is 10.7. The summed E-state index contributed by atoms with van der Waals surface area (Å²) in [6, 6.07) is 11.1. The Morgan fingerprint density at radius 2 is 2.08 bits per heavy atom. The second kappa shape index (κ2) is 6.64. The number of para-hydroxylation sites is 1. The summed E-state index contributed by atoms with van der Waals surface area (Å²) in [5.74, 6) is 0.413. The summed E-state index contributed by atoms with van der Waals surface area (Å²) in [4.78, 5) is 5.37. The number of aryl methyl sites for hydroxylation is 1. The molecule has 1 aliphatic heterocycles. The Labute approximate surface area is 155 Å². The molecule has 0 radical (unpaired) electrons. The lowest BCUT2D eigenvalue weighted by Crippen LogP contribution is -2.31. The van der Waals surface area contributed by atoms with Gasteiger partial charge in [-0.25, -0.2) is 17.5 Å². The zero-order valence-corrected chi connectivity index (χ0v) is 15.7. The van der Waals surface area contributed by atoms with Crippen molar-refractivity contribution in [2.75, 3.05) is 5.75 Å². The van der Waals surface area contributed by atoms with E-state index in [2.05, 4.69) is 9.71 Å². The molecule has 1 N–H and O–H groups in total. The number of fused-ring (bicyclic) bond motifs is 2. The zero-order valence-electron chi connectivity index (χ0n) is 14.1. The third-order valence-corrected chi connectivity index (χ3v) is 7.03. The molecule has 4 rings (SSSR count). The number of thioether (sulfide) groups is 1. The third kappa shape index (κ3) is 3.22. The van der Waals surface area contributed by atoms with Gasteiger partial charge in [0.2, 0.25) is 10.0 Å². The molecule has 0 spiro atoms. The Morgan fingerprint density at radius 3 is 2.92 bits per heavy atom. The van der Waals surface area contributed by atoms with Gasteiger partial charge in [-0.1, -0.05) is 12.1 Å². The van der Waals surface area contributed by atoms with Crippen LogP contribution in [0.1, 0.15) is 23.6 Å². The predicted octanol–water partition coefficient (Wildman–Crippen LogP) is 4.20. The smallest absolute Gasteiger partial charge is 0.243 e. The Balaban J connectivity index is 1.75. The minimum Gasteiger partial charge on any atom is -0.255 e. The van der Waals surface area contributed by atoms with Crippen LogP contribution in [0, 0.1) is 12.7 Å². The number of rotatable bonds is 3. The van der Waals surface area contributed by atoms with Gasteiger partial charge in [-0.15, -0.1) is 11.8 Å². The van der Waals surface area contributed by atoms with Crippen molar-refractivity contribution in [3.05, 3.63) is 65.6 Å². The van der Waals surface area contributed by atoms with Crippen molar-refractivity contribution in [2.45, 2.75) is 29.2 Å². The number of hydrogen-bond acceptors (Lipinski definition) is 4. The first kappa shape index (κ1) is 17.5. The van der Waals surface area contributed by atoms with Crippen molar-refractivity contribution in [1.29, 1.82) is 0 Å². The number of benzene rings is 2. The maximum absolute atomic E-state index is 13.7. The van der Waals surface area contributed by atoms with Crippen molar-refractivity contribution in [3.63, 3.8) is 0 Å². The number of halogens is 1. The van der Waals surface area contributed by atoms with Crippen LogP contribution in [0.25, 0.3) is 10.9 Å². The maximum atomic E-state index is 13.7. The Bertz CT molecular complexity index is 1100. The molecule has 7 heteroatoms. The molecular formula is C19H17FN2O2S2. The average molecular weight is 388 g/mol. The van der Waals surface area contributed by atoms with E-state index < -0.39 is 16.1 Å². The SMILES string of the molecule is Cc1cnc2c(S(=O)(=O)N[C@@H]3CCSc4ccc(F)cc43)cccc2c1. The molecule has 1 atom stereocenters. The van der Waals surface area contributed by atoms with Gasteiger partial charge in [-0.2, -0.15) is 0 Å². The molecule has 0 saturated carbocycles. The number of nitrogens with one attached hydrogen (secondary N) is 1. The standard InChI is InChI=1S/C19H17FN2O2S2/c1-12-9-13-3-2-4-18(19(13)21-11-12)26(23,24)22-16-7-8-25-17-6-5-14(20)10-15(16)17/h2-6,9-11,16,22H,7-8H2,1H3/t16-/m1/s1. The van der Waals surface area contributed by atoms with Crippen LogP contribution in [-0.2, 0) is 10.0 Å². The van der Waals surface area contributed by atoms with Crippen molar-refractivity contribution in [1.82, 2.24) is 9.71 Å². The van der Waals surface area contributed by atoms with Crippen LogP contribution in [0.2, 0.25) is 0 Å². The summed E-state index contributed by atoms with van der Waals surface area (Å²) < 4.78 is 42.5. The van der Waals surface area contributed by atoms with Crippen LogP contribution < -0.4 is 4.72 Å². The lowest BCUT2D eigenvalue weighted by Gasteiger charge is -2.26. The van der Waals surface area contributed by atoms with Crippen molar-refractivity contribution in [3.8, 4) is 0 Å². The van der Waals surface area contributed by atoms with E-state index in [0.29, 0.717) is 17.5 Å². The molecule has 1 aliphatic rings. The van der Waals surface area contributed by atoms with Crippen LogP contribution in [0.5, 0.6) is 0 Å². The van der Waals surface area contributed by atoms with Crippen molar-refractivity contribution >= 4 is 32.7 Å². The number of sulfonamides is 1. The van der Waals surface area contributed by atoms with Gasteiger partial charge < -0.3 is 0 Å². The van der Waals surface area contributed by atoms with Gasteiger partial charge in [0.15, 0.2) is 0 Å². The molecule has 2 heterocycles. The fraction of sp³-hybridized carbons (Fsp3) is 0.211. The molecule has 134 valence electrons. The lowest BCUT2D eigenvalue weighted by molar-refractivity contribution is 0.542. The second-order valence-corrected chi connectivity index (χ2v) is 9.15. The third-order valence-electron chi connectivity index (χ3n) is 4.41. The van der Waals surface area contributed by atoms with E-state index in [1.54, 1.807) is 36.2 Å². The highest BCUT2D eigenvalue weighted by molar-refractivity contribution is 7.99. The molecule has 3 aromatic rings. The normalized spacial score (nSPS) is 17.2. The molecule has 0 unspecified atom stereocenters. The average Bonchev–Trinajstić information content (AvgIpc) is 2.61. The number of aromatic nitrogens is 1. The van der Waals surface area contributed by atoms with Crippen molar-refractivity contribution in [2.24, 2.45) is 0 Å². The van der Waals surface area contributed by atoms with Crippen LogP contribution in [-0.4, -0.2) is 19.2 Å². The summed E-state index contributed by atoms with van der Waals surface area (Å²) in [5.41, 5.74) is 2.10. The van der Waals surface area contributed by atoms with E-state index in [0.717, 1.165) is 21.6 Å². The first-order valence-electron chi connectivity index (χ1n) is 8.24. The van der Waals surface area contributed by atoms with Gasteiger partial charge >= 0.3 is 0 Å². The summed E-state index contributed by atoms with van der Waals surface area (Å²) >= 11 is 1.61. The highest BCUT2D eigenvalue weighted by Crippen LogP contribution is 2.37. The van der Waals surface area contributed by atoms with E-state index >= 15 is 0 Å². The van der Waals surface area contributed by atoms with Gasteiger partial charge in [0.25, 0.3) is 0 Å². The predicted molar refractivity (Wildman–Crippen MR) is 101 cm³/mol. The largest absolute Gasteiger partial charge is 0.255 e. The second-order valence-electron chi connectivity index (χ2n) is 6.33. The monoisotopic (exact) mass is 388 g/mol. The van der Waals surface area contributed by atoms with E-state index in [9.17, 15) is 12.8 Å². The van der Waals surface area contributed by atoms with Gasteiger partial charge in [0, 0.05) is 22.5 Å². The van der Waals surface area contributed by atoms with Crippen LogP contribution >= 0.6 is 11.8 Å². The van der Waals surface area contributed by atoms with Gasteiger partial charge in [0.1, 0.15) is 10.7 Å². The summed E-state index contributed by atoms with van der Waals surface area (Å²) in [6.07, 6.45) is 2.26. The Morgan fingerprint density at radius 1 is 1.23 bits per heavy atom. The highest BCUT2D eigenvalue weighted by atomic mass is 32.2. The van der Waals surface area contributed by atoms with Crippen molar-refractivity contribution < 1.29 is 12.8 Å². The lowest BCUT2D eigenvalue weighted by atomic mass is 10.0. The Hall–Kier alpha value is -1.96. The molecule has 0 fully saturated rings. The van der Waals surface area contributed by atoms with E-state index in [4.69, 9.17) is 0 Å². The van der Waals surface area contributed by atoms with E-state index in [-0.39, 0.29) is 10.7 Å². The van der Waals surface area contributed by atoms with Crippen LogP contribution in [0.4, 0.5) is 4.39 Å².